The van der Waals surface area contributed by atoms with Crippen LogP contribution in [0.4, 0.5) is 0 Å². The predicted octanol–water partition coefficient (Wildman–Crippen LogP) is 25.1. The van der Waals surface area contributed by atoms with Crippen molar-refractivity contribution in [1.29, 1.82) is 0 Å². The van der Waals surface area contributed by atoms with Gasteiger partial charge in [-0.15, -0.1) is 0 Å². The summed E-state index contributed by atoms with van der Waals surface area (Å²) < 4.78 is 16.9. The molecule has 1 atom stereocenters. The molecule has 478 valence electrons. The van der Waals surface area contributed by atoms with Gasteiger partial charge in [0.05, 0.1) is 0 Å². The lowest BCUT2D eigenvalue weighted by molar-refractivity contribution is -0.167. The third-order valence-electron chi connectivity index (χ3n) is 16.3. The molecular weight excluding hydrogens is 1010 g/mol. The van der Waals surface area contributed by atoms with Crippen LogP contribution in [0.2, 0.25) is 0 Å². The first-order valence-corrected chi connectivity index (χ1v) is 36.3. The van der Waals surface area contributed by atoms with Crippen LogP contribution in [0.3, 0.4) is 0 Å². The van der Waals surface area contributed by atoms with E-state index in [0.717, 1.165) is 109 Å². The van der Waals surface area contributed by atoms with Gasteiger partial charge in [-0.2, -0.15) is 0 Å². The van der Waals surface area contributed by atoms with E-state index in [1.54, 1.807) is 0 Å². The third kappa shape index (κ3) is 67.9. The van der Waals surface area contributed by atoms with Crippen LogP contribution in [0.5, 0.6) is 0 Å². The smallest absolute Gasteiger partial charge is 0.306 e. The van der Waals surface area contributed by atoms with Gasteiger partial charge in [0.2, 0.25) is 0 Å². The monoisotopic (exact) mass is 1150 g/mol. The molecule has 0 aromatic carbocycles. The standard InChI is InChI=1S/C76H138O6/c1-4-7-10-13-16-19-22-24-26-28-30-32-33-34-35-36-37-38-39-40-41-42-43-45-46-48-50-52-54-57-60-63-66-69-75(78)81-72-73(71-80-74(77)68-65-62-59-56-21-18-15-12-9-6-3)82-76(79)70-67-64-61-58-55-53-51-49-47-44-31-29-27-25-23-20-17-14-11-8-5-2/h8,11,17,20,25,27,31,44,49,51,73H,4-7,9-10,12-16,18-19,21-24,26,28-30,32-43,45-48,50,52-72H2,1-3H3/b11-8-,20-17-,27-25-,44-31-,51-49-. The summed E-state index contributed by atoms with van der Waals surface area (Å²) in [6, 6.07) is 0. The lowest BCUT2D eigenvalue weighted by atomic mass is 10.0. The van der Waals surface area contributed by atoms with Gasteiger partial charge >= 0.3 is 17.9 Å². The van der Waals surface area contributed by atoms with Crippen LogP contribution < -0.4 is 0 Å². The molecule has 0 aliphatic rings. The van der Waals surface area contributed by atoms with Gasteiger partial charge in [-0.3, -0.25) is 14.4 Å². The van der Waals surface area contributed by atoms with Crippen LogP contribution in [0.15, 0.2) is 60.8 Å². The minimum absolute atomic E-state index is 0.0778. The highest BCUT2D eigenvalue weighted by atomic mass is 16.6. The Morgan fingerprint density at radius 2 is 0.476 bits per heavy atom. The average molecular weight is 1150 g/mol. The lowest BCUT2D eigenvalue weighted by Crippen LogP contribution is -2.30. The molecule has 0 saturated carbocycles. The molecule has 6 heteroatoms. The molecule has 82 heavy (non-hydrogen) atoms. The van der Waals surface area contributed by atoms with E-state index >= 15 is 0 Å². The van der Waals surface area contributed by atoms with Gasteiger partial charge in [0.15, 0.2) is 6.10 Å². The summed E-state index contributed by atoms with van der Waals surface area (Å²) >= 11 is 0. The summed E-state index contributed by atoms with van der Waals surface area (Å²) in [5, 5.41) is 0. The molecule has 0 radical (unpaired) electrons. The number of carbonyl (C=O) groups is 3. The van der Waals surface area contributed by atoms with Gasteiger partial charge in [0.1, 0.15) is 13.2 Å². The second kappa shape index (κ2) is 70.6. The fourth-order valence-corrected chi connectivity index (χ4v) is 10.9. The van der Waals surface area contributed by atoms with Crippen molar-refractivity contribution in [2.75, 3.05) is 13.2 Å². The maximum atomic E-state index is 12.9. The molecule has 0 bridgehead atoms. The van der Waals surface area contributed by atoms with Gasteiger partial charge in [-0.1, -0.05) is 364 Å². The molecule has 1 unspecified atom stereocenters. The topological polar surface area (TPSA) is 78.9 Å². The number of unbranched alkanes of at least 4 members (excludes halogenated alkanes) is 46. The first-order chi connectivity index (χ1) is 40.5. The number of ether oxygens (including phenoxy) is 3. The Bertz CT molecular complexity index is 1460. The summed E-state index contributed by atoms with van der Waals surface area (Å²) in [7, 11) is 0. The van der Waals surface area contributed by atoms with Crippen molar-refractivity contribution in [3.63, 3.8) is 0 Å². The van der Waals surface area contributed by atoms with Crippen molar-refractivity contribution in [3.05, 3.63) is 60.8 Å². The summed E-state index contributed by atoms with van der Waals surface area (Å²) in [6.45, 7) is 6.56. The Balaban J connectivity index is 4.09. The van der Waals surface area contributed by atoms with Crippen molar-refractivity contribution in [2.24, 2.45) is 0 Å². The van der Waals surface area contributed by atoms with Crippen molar-refractivity contribution in [1.82, 2.24) is 0 Å². The van der Waals surface area contributed by atoms with E-state index in [1.165, 1.54) is 238 Å². The first kappa shape index (κ1) is 79.1. The molecule has 0 rings (SSSR count). The summed E-state index contributed by atoms with van der Waals surface area (Å²) in [4.78, 5) is 38.3. The fourth-order valence-electron chi connectivity index (χ4n) is 10.9. The molecule has 0 fully saturated rings. The number of carbonyl (C=O) groups excluding carboxylic acids is 3. The number of hydrogen-bond acceptors (Lipinski definition) is 6. The normalized spacial score (nSPS) is 12.4. The van der Waals surface area contributed by atoms with Crippen LogP contribution in [0, 0.1) is 0 Å². The van der Waals surface area contributed by atoms with E-state index in [9.17, 15) is 14.4 Å². The Morgan fingerprint density at radius 1 is 0.256 bits per heavy atom. The SMILES string of the molecule is CC/C=C\C/C=C\C/C=C\C/C=C\C/C=C\CCCCCCCC(=O)OC(COC(=O)CCCCCCCCCCCC)COC(=O)CCCCCCCCCCCCCCCCCCCCCCCCCCCCCCCCCCC. The van der Waals surface area contributed by atoms with Gasteiger partial charge in [-0.25, -0.2) is 0 Å². The zero-order valence-corrected chi connectivity index (χ0v) is 55.0. The summed E-state index contributed by atoms with van der Waals surface area (Å²) in [5.74, 6) is -0.877. The van der Waals surface area contributed by atoms with Gasteiger partial charge in [0, 0.05) is 19.3 Å². The van der Waals surface area contributed by atoms with E-state index in [-0.39, 0.29) is 31.1 Å². The molecule has 0 aromatic rings. The number of hydrogen-bond donors (Lipinski definition) is 0. The second-order valence-corrected chi connectivity index (χ2v) is 24.5. The van der Waals surface area contributed by atoms with Gasteiger partial charge in [-0.05, 0) is 64.2 Å². The number of allylic oxidation sites excluding steroid dienone is 10. The minimum Gasteiger partial charge on any atom is -0.462 e. The van der Waals surface area contributed by atoms with Crippen LogP contribution in [-0.4, -0.2) is 37.2 Å². The molecule has 0 aliphatic heterocycles. The molecule has 0 spiro atoms. The van der Waals surface area contributed by atoms with Gasteiger partial charge in [0.25, 0.3) is 0 Å². The lowest BCUT2D eigenvalue weighted by Gasteiger charge is -2.18. The molecule has 6 nitrogen and oxygen atoms in total. The zero-order valence-electron chi connectivity index (χ0n) is 55.0. The number of esters is 3. The predicted molar refractivity (Wildman–Crippen MR) is 358 cm³/mol. The Morgan fingerprint density at radius 3 is 0.744 bits per heavy atom. The minimum atomic E-state index is -0.783. The van der Waals surface area contributed by atoms with E-state index in [1.807, 2.05) is 0 Å². The third-order valence-corrected chi connectivity index (χ3v) is 16.3. The van der Waals surface area contributed by atoms with Crippen molar-refractivity contribution < 1.29 is 28.6 Å². The molecule has 0 N–H and O–H groups in total. The zero-order chi connectivity index (χ0) is 59.2. The van der Waals surface area contributed by atoms with Crippen LogP contribution in [0.25, 0.3) is 0 Å². The van der Waals surface area contributed by atoms with E-state index in [2.05, 4.69) is 81.5 Å². The van der Waals surface area contributed by atoms with Crippen molar-refractivity contribution >= 4 is 17.9 Å². The molecular formula is C76H138O6. The Kier molecular flexibility index (Phi) is 68.1. The highest BCUT2D eigenvalue weighted by Gasteiger charge is 2.19. The molecule has 0 heterocycles. The van der Waals surface area contributed by atoms with Gasteiger partial charge < -0.3 is 14.2 Å². The molecule has 0 aromatic heterocycles. The quantitative estimate of drug-likeness (QED) is 0.0261. The summed E-state index contributed by atoms with van der Waals surface area (Å²) in [6.07, 6.45) is 91.4. The Hall–Kier alpha value is -2.89. The van der Waals surface area contributed by atoms with Crippen LogP contribution >= 0.6 is 0 Å². The molecule has 0 amide bonds. The van der Waals surface area contributed by atoms with Crippen molar-refractivity contribution in [2.45, 2.75) is 393 Å². The van der Waals surface area contributed by atoms with Crippen molar-refractivity contribution in [3.8, 4) is 0 Å². The number of rotatable bonds is 67. The van der Waals surface area contributed by atoms with Crippen LogP contribution in [0.1, 0.15) is 387 Å². The average Bonchev–Trinajstić information content (AvgIpc) is 3.47. The molecule has 0 aliphatic carbocycles. The first-order valence-electron chi connectivity index (χ1n) is 36.3. The largest absolute Gasteiger partial charge is 0.462 e. The van der Waals surface area contributed by atoms with Crippen LogP contribution in [-0.2, 0) is 28.6 Å². The fraction of sp³-hybridized carbons (Fsp3) is 0.829. The van der Waals surface area contributed by atoms with E-state index in [0.29, 0.717) is 19.3 Å². The highest BCUT2D eigenvalue weighted by Crippen LogP contribution is 2.19. The van der Waals surface area contributed by atoms with E-state index < -0.39 is 6.10 Å². The maximum absolute atomic E-state index is 12.9. The highest BCUT2D eigenvalue weighted by molar-refractivity contribution is 5.71. The summed E-state index contributed by atoms with van der Waals surface area (Å²) in [5.41, 5.74) is 0. The maximum Gasteiger partial charge on any atom is 0.306 e. The second-order valence-electron chi connectivity index (χ2n) is 24.5. The molecule has 0 saturated heterocycles. The Labute approximate surface area is 510 Å². The van der Waals surface area contributed by atoms with E-state index in [4.69, 9.17) is 14.2 Å².